The molecule has 0 unspecified atom stereocenters. The highest BCUT2D eigenvalue weighted by atomic mass is 16.5. The van der Waals surface area contributed by atoms with Crippen molar-refractivity contribution in [2.75, 3.05) is 40.9 Å². The lowest BCUT2D eigenvalue weighted by Gasteiger charge is -2.14. The van der Waals surface area contributed by atoms with Crippen LogP contribution >= 0.6 is 0 Å². The first-order valence-corrected chi connectivity index (χ1v) is 4.71. The van der Waals surface area contributed by atoms with Crippen LogP contribution in [0.15, 0.2) is 0 Å². The summed E-state index contributed by atoms with van der Waals surface area (Å²) in [4.78, 5) is 13.3. The van der Waals surface area contributed by atoms with Crippen molar-refractivity contribution in [3.8, 4) is 0 Å². The SMILES string of the molecule is CNCC(=O)N1C[C@@H](OC)[C@H](OC)C1. The highest BCUT2D eigenvalue weighted by Gasteiger charge is 2.34. The Morgan fingerprint density at radius 2 is 1.86 bits per heavy atom. The average molecular weight is 202 g/mol. The van der Waals surface area contributed by atoms with Gasteiger partial charge in [0.05, 0.1) is 6.54 Å². The lowest BCUT2D eigenvalue weighted by molar-refractivity contribution is -0.129. The minimum absolute atomic E-state index is 0.000746. The molecule has 14 heavy (non-hydrogen) atoms. The van der Waals surface area contributed by atoms with Crippen molar-refractivity contribution < 1.29 is 14.3 Å². The molecule has 82 valence electrons. The summed E-state index contributed by atoms with van der Waals surface area (Å²) in [6.07, 6.45) is 0.00149. The van der Waals surface area contributed by atoms with Gasteiger partial charge in [0, 0.05) is 27.3 Å². The highest BCUT2D eigenvalue weighted by molar-refractivity contribution is 5.78. The second kappa shape index (κ2) is 5.29. The molecule has 1 fully saturated rings. The first-order chi connectivity index (χ1) is 6.72. The van der Waals surface area contributed by atoms with Gasteiger partial charge in [-0.05, 0) is 7.05 Å². The van der Waals surface area contributed by atoms with E-state index in [1.54, 1.807) is 26.2 Å². The van der Waals surface area contributed by atoms with Crippen LogP contribution in [0.4, 0.5) is 0 Å². The Kier molecular flexibility index (Phi) is 4.31. The van der Waals surface area contributed by atoms with Crippen LogP contribution in [0, 0.1) is 0 Å². The summed E-state index contributed by atoms with van der Waals surface area (Å²) in [7, 11) is 5.04. The molecule has 5 nitrogen and oxygen atoms in total. The van der Waals surface area contributed by atoms with E-state index in [0.717, 1.165) is 0 Å². The lowest BCUT2D eigenvalue weighted by Crippen LogP contribution is -2.36. The normalized spacial score (nSPS) is 26.9. The topological polar surface area (TPSA) is 50.8 Å². The molecule has 0 saturated carbocycles. The number of hydrogen-bond donors (Lipinski definition) is 1. The molecule has 0 aromatic rings. The Bertz CT molecular complexity index is 186. The van der Waals surface area contributed by atoms with Crippen LogP contribution in [-0.2, 0) is 14.3 Å². The maximum absolute atomic E-state index is 11.5. The number of likely N-dealkylation sites (N-methyl/N-ethyl adjacent to an activating group) is 1. The van der Waals surface area contributed by atoms with Gasteiger partial charge in [-0.2, -0.15) is 0 Å². The zero-order chi connectivity index (χ0) is 10.6. The zero-order valence-electron chi connectivity index (χ0n) is 8.95. The zero-order valence-corrected chi connectivity index (χ0v) is 8.95. The third-order valence-corrected chi connectivity index (χ3v) is 2.50. The molecule has 1 amide bonds. The Balaban J connectivity index is 2.48. The molecule has 1 aliphatic heterocycles. The molecule has 1 N–H and O–H groups in total. The number of ether oxygens (including phenoxy) is 2. The molecular formula is C9H18N2O3. The van der Waals surface area contributed by atoms with E-state index in [4.69, 9.17) is 9.47 Å². The Morgan fingerprint density at radius 1 is 1.36 bits per heavy atom. The summed E-state index contributed by atoms with van der Waals surface area (Å²) in [6.45, 7) is 1.61. The minimum Gasteiger partial charge on any atom is -0.377 e. The maximum atomic E-state index is 11.5. The number of amides is 1. The summed E-state index contributed by atoms with van der Waals surface area (Å²) in [5.41, 5.74) is 0. The summed E-state index contributed by atoms with van der Waals surface area (Å²) in [5, 5.41) is 2.84. The third kappa shape index (κ3) is 2.43. The van der Waals surface area contributed by atoms with Gasteiger partial charge in [0.1, 0.15) is 12.2 Å². The number of carbonyl (C=O) groups excluding carboxylic acids is 1. The minimum atomic E-state index is 0.000746. The van der Waals surface area contributed by atoms with Gasteiger partial charge in [0.2, 0.25) is 5.91 Å². The van der Waals surface area contributed by atoms with Crippen molar-refractivity contribution in [2.24, 2.45) is 0 Å². The van der Waals surface area contributed by atoms with Crippen LogP contribution in [0.1, 0.15) is 0 Å². The Morgan fingerprint density at radius 3 is 2.21 bits per heavy atom. The van der Waals surface area contributed by atoms with E-state index in [0.29, 0.717) is 19.6 Å². The Hall–Kier alpha value is -0.650. The number of carbonyl (C=O) groups is 1. The first kappa shape index (κ1) is 11.4. The third-order valence-electron chi connectivity index (χ3n) is 2.50. The molecule has 0 aliphatic carbocycles. The quantitative estimate of drug-likeness (QED) is 0.640. The van der Waals surface area contributed by atoms with Crippen molar-refractivity contribution in [1.29, 1.82) is 0 Å². The summed E-state index contributed by atoms with van der Waals surface area (Å²) >= 11 is 0. The Labute approximate surface area is 84.4 Å². The predicted octanol–water partition coefficient (Wildman–Crippen LogP) is -0.922. The molecule has 2 atom stereocenters. The van der Waals surface area contributed by atoms with E-state index in [1.165, 1.54) is 0 Å². The predicted molar refractivity (Wildman–Crippen MR) is 52.1 cm³/mol. The largest absolute Gasteiger partial charge is 0.377 e. The molecule has 1 rings (SSSR count). The van der Waals surface area contributed by atoms with Gasteiger partial charge in [-0.1, -0.05) is 0 Å². The van der Waals surface area contributed by atoms with Crippen molar-refractivity contribution in [2.45, 2.75) is 12.2 Å². The van der Waals surface area contributed by atoms with Gasteiger partial charge >= 0.3 is 0 Å². The van der Waals surface area contributed by atoms with Crippen LogP contribution < -0.4 is 5.32 Å². The van der Waals surface area contributed by atoms with E-state index in [1.807, 2.05) is 0 Å². The molecule has 1 saturated heterocycles. The van der Waals surface area contributed by atoms with E-state index >= 15 is 0 Å². The van der Waals surface area contributed by atoms with Crippen molar-refractivity contribution in [1.82, 2.24) is 10.2 Å². The highest BCUT2D eigenvalue weighted by Crippen LogP contribution is 2.15. The summed E-state index contributed by atoms with van der Waals surface area (Å²) in [5.74, 6) is 0.0918. The molecule has 5 heteroatoms. The van der Waals surface area contributed by atoms with Gasteiger partial charge in [-0.15, -0.1) is 0 Å². The summed E-state index contributed by atoms with van der Waals surface area (Å²) in [6, 6.07) is 0. The van der Waals surface area contributed by atoms with E-state index in [-0.39, 0.29) is 18.1 Å². The molecule has 0 bridgehead atoms. The molecule has 0 radical (unpaired) electrons. The smallest absolute Gasteiger partial charge is 0.236 e. The van der Waals surface area contributed by atoms with Crippen LogP contribution in [0.2, 0.25) is 0 Å². The van der Waals surface area contributed by atoms with E-state index in [2.05, 4.69) is 5.32 Å². The van der Waals surface area contributed by atoms with Crippen molar-refractivity contribution in [3.63, 3.8) is 0 Å². The van der Waals surface area contributed by atoms with Crippen LogP contribution in [0.25, 0.3) is 0 Å². The molecule has 0 aromatic carbocycles. The van der Waals surface area contributed by atoms with E-state index in [9.17, 15) is 4.79 Å². The van der Waals surface area contributed by atoms with Crippen molar-refractivity contribution >= 4 is 5.91 Å². The number of likely N-dealkylation sites (tertiary alicyclic amines) is 1. The molecule has 0 aromatic heterocycles. The maximum Gasteiger partial charge on any atom is 0.236 e. The van der Waals surface area contributed by atoms with Crippen LogP contribution in [0.3, 0.4) is 0 Å². The number of rotatable bonds is 4. The fraction of sp³-hybridized carbons (Fsp3) is 0.889. The van der Waals surface area contributed by atoms with E-state index < -0.39 is 0 Å². The molecule has 0 spiro atoms. The fourth-order valence-corrected chi connectivity index (χ4v) is 1.66. The summed E-state index contributed by atoms with van der Waals surface area (Å²) < 4.78 is 10.5. The average Bonchev–Trinajstić information content (AvgIpc) is 2.61. The van der Waals surface area contributed by atoms with Gasteiger partial charge < -0.3 is 19.7 Å². The second-order valence-electron chi connectivity index (χ2n) is 3.38. The molecular weight excluding hydrogens is 184 g/mol. The lowest BCUT2D eigenvalue weighted by atomic mass is 10.3. The van der Waals surface area contributed by atoms with Gasteiger partial charge in [-0.3, -0.25) is 4.79 Å². The van der Waals surface area contributed by atoms with Gasteiger partial charge in [0.15, 0.2) is 0 Å². The molecule has 1 aliphatic rings. The molecule has 1 heterocycles. The first-order valence-electron chi connectivity index (χ1n) is 4.71. The number of nitrogens with zero attached hydrogens (tertiary/aromatic N) is 1. The monoisotopic (exact) mass is 202 g/mol. The number of nitrogens with one attached hydrogen (secondary N) is 1. The number of methoxy groups -OCH3 is 2. The standard InChI is InChI=1S/C9H18N2O3/c1-10-4-9(12)11-5-7(13-2)8(6-11)14-3/h7-8,10H,4-6H2,1-3H3/t7-,8-/m1/s1. The number of hydrogen-bond acceptors (Lipinski definition) is 4. The van der Waals surface area contributed by atoms with Gasteiger partial charge in [0.25, 0.3) is 0 Å². The van der Waals surface area contributed by atoms with Crippen molar-refractivity contribution in [3.05, 3.63) is 0 Å². The fourth-order valence-electron chi connectivity index (χ4n) is 1.66. The van der Waals surface area contributed by atoms with Crippen LogP contribution in [0.5, 0.6) is 0 Å². The van der Waals surface area contributed by atoms with Gasteiger partial charge in [-0.25, -0.2) is 0 Å². The second-order valence-corrected chi connectivity index (χ2v) is 3.38. The van der Waals surface area contributed by atoms with Crippen LogP contribution in [-0.4, -0.2) is 63.9 Å².